The maximum atomic E-state index is 6.04. The molecule has 0 amide bonds. The Morgan fingerprint density at radius 2 is 2.06 bits per heavy atom. The third kappa shape index (κ3) is 2.63. The number of fused-ring (bicyclic) bond motifs is 1. The van der Waals surface area contributed by atoms with E-state index in [2.05, 4.69) is 37.8 Å². The van der Waals surface area contributed by atoms with E-state index in [-0.39, 0.29) is 0 Å². The van der Waals surface area contributed by atoms with Crippen molar-refractivity contribution in [3.8, 4) is 0 Å². The predicted octanol–water partition coefficient (Wildman–Crippen LogP) is 3.41. The van der Waals surface area contributed by atoms with Crippen LogP contribution in [0.15, 0.2) is 18.2 Å². The molecule has 0 fully saturated rings. The summed E-state index contributed by atoms with van der Waals surface area (Å²) in [5.41, 5.74) is 9.76. The highest BCUT2D eigenvalue weighted by molar-refractivity contribution is 5.52. The molecule has 0 spiro atoms. The summed E-state index contributed by atoms with van der Waals surface area (Å²) in [6.07, 6.45) is 2.55. The molecular formula is C15H24N2. The van der Waals surface area contributed by atoms with Crippen LogP contribution in [0.3, 0.4) is 0 Å². The molecule has 2 rings (SSSR count). The summed E-state index contributed by atoms with van der Waals surface area (Å²) in [7, 11) is 0. The summed E-state index contributed by atoms with van der Waals surface area (Å²) >= 11 is 0. The summed E-state index contributed by atoms with van der Waals surface area (Å²) < 4.78 is 0. The largest absolute Gasteiger partial charge is 0.398 e. The second-order valence-electron chi connectivity index (χ2n) is 5.49. The van der Waals surface area contributed by atoms with Crippen LogP contribution in [0, 0.1) is 5.92 Å². The van der Waals surface area contributed by atoms with Crippen LogP contribution in [-0.2, 0) is 13.1 Å². The molecule has 0 aromatic heterocycles. The molecule has 0 bridgehead atoms. The van der Waals surface area contributed by atoms with E-state index in [9.17, 15) is 0 Å². The SMILES string of the molecule is CCC(C)CC(C)N1Cc2cccc(N)c2C1. The molecule has 1 aliphatic heterocycles. The first-order valence-corrected chi connectivity index (χ1v) is 6.72. The lowest BCUT2D eigenvalue weighted by Gasteiger charge is -2.26. The van der Waals surface area contributed by atoms with Gasteiger partial charge in [0.25, 0.3) is 0 Å². The molecule has 2 heteroatoms. The van der Waals surface area contributed by atoms with E-state index in [1.165, 1.54) is 24.0 Å². The van der Waals surface area contributed by atoms with Crippen molar-refractivity contribution in [2.75, 3.05) is 5.73 Å². The highest BCUT2D eigenvalue weighted by Crippen LogP contribution is 2.30. The van der Waals surface area contributed by atoms with Crippen molar-refractivity contribution in [1.82, 2.24) is 4.90 Å². The van der Waals surface area contributed by atoms with Crippen LogP contribution in [0.4, 0.5) is 5.69 Å². The average molecular weight is 232 g/mol. The maximum Gasteiger partial charge on any atom is 0.0363 e. The van der Waals surface area contributed by atoms with E-state index in [0.29, 0.717) is 6.04 Å². The van der Waals surface area contributed by atoms with E-state index in [0.717, 1.165) is 24.7 Å². The van der Waals surface area contributed by atoms with Crippen LogP contribution in [0.1, 0.15) is 44.7 Å². The van der Waals surface area contributed by atoms with Crippen molar-refractivity contribution in [1.29, 1.82) is 0 Å². The van der Waals surface area contributed by atoms with E-state index >= 15 is 0 Å². The lowest BCUT2D eigenvalue weighted by Crippen LogP contribution is -2.29. The van der Waals surface area contributed by atoms with Crippen molar-refractivity contribution in [2.24, 2.45) is 5.92 Å². The van der Waals surface area contributed by atoms with Gasteiger partial charge in [-0.05, 0) is 36.5 Å². The summed E-state index contributed by atoms with van der Waals surface area (Å²) in [4.78, 5) is 2.55. The van der Waals surface area contributed by atoms with E-state index in [4.69, 9.17) is 5.73 Å². The van der Waals surface area contributed by atoms with Gasteiger partial charge in [0, 0.05) is 24.8 Å². The second kappa shape index (κ2) is 5.09. The molecule has 0 saturated heterocycles. The molecule has 2 unspecified atom stereocenters. The van der Waals surface area contributed by atoms with Crippen LogP contribution in [-0.4, -0.2) is 10.9 Å². The summed E-state index contributed by atoms with van der Waals surface area (Å²) in [5.74, 6) is 0.811. The molecule has 2 N–H and O–H groups in total. The number of nitrogen functional groups attached to an aromatic ring is 1. The zero-order valence-electron chi connectivity index (χ0n) is 11.2. The monoisotopic (exact) mass is 232 g/mol. The summed E-state index contributed by atoms with van der Waals surface area (Å²) in [6, 6.07) is 6.94. The molecular weight excluding hydrogens is 208 g/mol. The number of anilines is 1. The quantitative estimate of drug-likeness (QED) is 0.806. The molecule has 1 aliphatic rings. The molecule has 0 saturated carbocycles. The lowest BCUT2D eigenvalue weighted by atomic mass is 9.99. The standard InChI is InChI=1S/C15H24N2/c1-4-11(2)8-12(3)17-9-13-6-5-7-15(16)14(13)10-17/h5-7,11-12H,4,8-10,16H2,1-3H3. The normalized spacial score (nSPS) is 19.0. The van der Waals surface area contributed by atoms with Crippen molar-refractivity contribution >= 4 is 5.69 Å². The first-order valence-electron chi connectivity index (χ1n) is 6.72. The van der Waals surface area contributed by atoms with E-state index in [1.54, 1.807) is 0 Å². The Bertz CT molecular complexity index is 387. The van der Waals surface area contributed by atoms with Crippen molar-refractivity contribution in [3.63, 3.8) is 0 Å². The Balaban J connectivity index is 2.02. The molecule has 0 radical (unpaired) electrons. The fraction of sp³-hybridized carbons (Fsp3) is 0.600. The van der Waals surface area contributed by atoms with Gasteiger partial charge in [-0.15, -0.1) is 0 Å². The molecule has 1 aromatic rings. The molecule has 2 nitrogen and oxygen atoms in total. The third-order valence-electron chi connectivity index (χ3n) is 4.11. The number of benzene rings is 1. The number of nitrogens with two attached hydrogens (primary N) is 1. The van der Waals surface area contributed by atoms with Gasteiger partial charge in [-0.3, -0.25) is 4.90 Å². The minimum atomic E-state index is 0.650. The van der Waals surface area contributed by atoms with Gasteiger partial charge in [0.1, 0.15) is 0 Å². The fourth-order valence-electron chi connectivity index (χ4n) is 2.68. The predicted molar refractivity (Wildman–Crippen MR) is 73.6 cm³/mol. The van der Waals surface area contributed by atoms with Gasteiger partial charge in [0.15, 0.2) is 0 Å². The topological polar surface area (TPSA) is 29.3 Å². The average Bonchev–Trinajstić information content (AvgIpc) is 2.74. The molecule has 1 aromatic carbocycles. The maximum absolute atomic E-state index is 6.04. The van der Waals surface area contributed by atoms with Gasteiger partial charge < -0.3 is 5.73 Å². The molecule has 0 aliphatic carbocycles. The summed E-state index contributed by atoms with van der Waals surface area (Å²) in [6.45, 7) is 9.05. The van der Waals surface area contributed by atoms with Gasteiger partial charge in [-0.25, -0.2) is 0 Å². The Morgan fingerprint density at radius 1 is 1.29 bits per heavy atom. The summed E-state index contributed by atoms with van der Waals surface area (Å²) in [5, 5.41) is 0. The third-order valence-corrected chi connectivity index (χ3v) is 4.11. The number of hydrogen-bond acceptors (Lipinski definition) is 2. The number of nitrogens with zero attached hydrogens (tertiary/aromatic N) is 1. The highest BCUT2D eigenvalue weighted by atomic mass is 15.2. The van der Waals surface area contributed by atoms with Crippen LogP contribution < -0.4 is 5.73 Å². The molecule has 94 valence electrons. The zero-order valence-corrected chi connectivity index (χ0v) is 11.2. The first kappa shape index (κ1) is 12.4. The minimum Gasteiger partial charge on any atom is -0.398 e. The highest BCUT2D eigenvalue weighted by Gasteiger charge is 2.25. The van der Waals surface area contributed by atoms with Gasteiger partial charge in [0.2, 0.25) is 0 Å². The van der Waals surface area contributed by atoms with Crippen LogP contribution in [0.25, 0.3) is 0 Å². The molecule has 2 atom stereocenters. The zero-order chi connectivity index (χ0) is 12.4. The lowest BCUT2D eigenvalue weighted by molar-refractivity contribution is 0.184. The fourth-order valence-corrected chi connectivity index (χ4v) is 2.68. The van der Waals surface area contributed by atoms with Gasteiger partial charge in [0.05, 0.1) is 0 Å². The van der Waals surface area contributed by atoms with Crippen molar-refractivity contribution in [3.05, 3.63) is 29.3 Å². The minimum absolute atomic E-state index is 0.650. The van der Waals surface area contributed by atoms with Crippen LogP contribution >= 0.6 is 0 Å². The Morgan fingerprint density at radius 3 is 2.71 bits per heavy atom. The Kier molecular flexibility index (Phi) is 3.72. The van der Waals surface area contributed by atoms with Gasteiger partial charge in [-0.2, -0.15) is 0 Å². The van der Waals surface area contributed by atoms with Crippen molar-refractivity contribution in [2.45, 2.75) is 52.7 Å². The first-order chi connectivity index (χ1) is 8.11. The Labute approximate surface area is 105 Å². The van der Waals surface area contributed by atoms with Gasteiger partial charge >= 0.3 is 0 Å². The van der Waals surface area contributed by atoms with E-state index < -0.39 is 0 Å². The van der Waals surface area contributed by atoms with Crippen LogP contribution in [0.2, 0.25) is 0 Å². The second-order valence-corrected chi connectivity index (χ2v) is 5.49. The molecule has 17 heavy (non-hydrogen) atoms. The van der Waals surface area contributed by atoms with Crippen LogP contribution in [0.5, 0.6) is 0 Å². The van der Waals surface area contributed by atoms with Crippen molar-refractivity contribution < 1.29 is 0 Å². The Hall–Kier alpha value is -1.02. The number of rotatable bonds is 4. The molecule has 1 heterocycles. The van der Waals surface area contributed by atoms with Gasteiger partial charge in [-0.1, -0.05) is 32.4 Å². The number of hydrogen-bond donors (Lipinski definition) is 1. The van der Waals surface area contributed by atoms with E-state index in [1.807, 2.05) is 6.07 Å². The smallest absolute Gasteiger partial charge is 0.0363 e.